The first-order valence-corrected chi connectivity index (χ1v) is 10.9. The van der Waals surface area contributed by atoms with Gasteiger partial charge in [0.15, 0.2) is 17.0 Å². The number of anilines is 2. The topological polar surface area (TPSA) is 105 Å². The predicted octanol–water partition coefficient (Wildman–Crippen LogP) is 2.38. The number of fused-ring (bicyclic) bond motifs is 3. The summed E-state index contributed by atoms with van der Waals surface area (Å²) in [6.45, 7) is 7.11. The average molecular weight is 434 g/mol. The second-order valence-electron chi connectivity index (χ2n) is 9.64. The molecule has 2 aliphatic heterocycles. The van der Waals surface area contributed by atoms with Crippen LogP contribution in [0.5, 0.6) is 0 Å². The summed E-state index contributed by atoms with van der Waals surface area (Å²) in [5.74, 6) is 0.821. The summed E-state index contributed by atoms with van der Waals surface area (Å²) in [5.41, 5.74) is 2.33. The number of imidazole rings is 1. The number of benzene rings is 1. The van der Waals surface area contributed by atoms with Crippen LogP contribution in [0.3, 0.4) is 0 Å². The molecular weight excluding hydrogens is 406 g/mol. The van der Waals surface area contributed by atoms with Gasteiger partial charge in [0, 0.05) is 31.4 Å². The van der Waals surface area contributed by atoms with Gasteiger partial charge in [-0.25, -0.2) is 15.0 Å². The molecule has 0 bridgehead atoms. The Balaban J connectivity index is 1.45. The maximum absolute atomic E-state index is 12.9. The molecule has 0 saturated carbocycles. The van der Waals surface area contributed by atoms with Gasteiger partial charge in [-0.1, -0.05) is 18.2 Å². The van der Waals surface area contributed by atoms with E-state index >= 15 is 0 Å². The smallest absolute Gasteiger partial charge is 0.287 e. The minimum atomic E-state index is -0.499. The zero-order chi connectivity index (χ0) is 22.7. The van der Waals surface area contributed by atoms with Crippen LogP contribution in [0.4, 0.5) is 11.5 Å². The Morgan fingerprint density at radius 3 is 2.59 bits per heavy atom. The molecule has 166 valence electrons. The third-order valence-electron chi connectivity index (χ3n) is 6.37. The first-order valence-electron chi connectivity index (χ1n) is 10.9. The first kappa shape index (κ1) is 20.4. The van der Waals surface area contributed by atoms with Gasteiger partial charge in [0.1, 0.15) is 6.33 Å². The van der Waals surface area contributed by atoms with Crippen molar-refractivity contribution in [2.75, 3.05) is 23.3 Å². The lowest BCUT2D eigenvalue weighted by Gasteiger charge is -2.38. The van der Waals surface area contributed by atoms with Gasteiger partial charge in [0.25, 0.3) is 5.91 Å². The molecule has 1 aromatic carbocycles. The molecule has 9 heteroatoms. The largest absolute Gasteiger partial charge is 0.355 e. The van der Waals surface area contributed by atoms with Gasteiger partial charge in [-0.2, -0.15) is 0 Å². The lowest BCUT2D eigenvalue weighted by atomic mass is 9.73. The number of para-hydroxylation sites is 1. The van der Waals surface area contributed by atoms with Crippen molar-refractivity contribution >= 4 is 34.5 Å². The van der Waals surface area contributed by atoms with Gasteiger partial charge in [-0.15, -0.1) is 0 Å². The lowest BCUT2D eigenvalue weighted by molar-refractivity contribution is -0.121. The molecular formula is C23H27N7O2. The first-order chi connectivity index (χ1) is 15.2. The Kier molecular flexibility index (Phi) is 4.47. The maximum Gasteiger partial charge on any atom is 0.287 e. The van der Waals surface area contributed by atoms with Gasteiger partial charge in [0.2, 0.25) is 11.7 Å². The SMILES string of the molecule is Cn1c(C(=O)NC(C)(C)C)nc2c(N3CCC4(CC3)C(=O)Nc3ccccc34)ncnc21. The number of carbonyl (C=O) groups excluding carboxylic acids is 2. The fraction of sp³-hybridized carbons (Fsp3) is 0.435. The second-order valence-corrected chi connectivity index (χ2v) is 9.64. The van der Waals surface area contributed by atoms with Crippen LogP contribution in [0.1, 0.15) is 49.8 Å². The molecule has 3 aromatic rings. The zero-order valence-corrected chi connectivity index (χ0v) is 18.8. The van der Waals surface area contributed by atoms with E-state index in [-0.39, 0.29) is 17.4 Å². The Hall–Kier alpha value is -3.49. The second kappa shape index (κ2) is 7.01. The highest BCUT2D eigenvalue weighted by atomic mass is 16.2. The van der Waals surface area contributed by atoms with E-state index in [2.05, 4.69) is 30.5 Å². The summed E-state index contributed by atoms with van der Waals surface area (Å²) in [6, 6.07) is 7.93. The number of aromatic nitrogens is 4. The van der Waals surface area contributed by atoms with Crippen molar-refractivity contribution in [2.24, 2.45) is 7.05 Å². The normalized spacial score (nSPS) is 17.5. The van der Waals surface area contributed by atoms with Crippen molar-refractivity contribution < 1.29 is 9.59 Å². The summed E-state index contributed by atoms with van der Waals surface area (Å²) >= 11 is 0. The number of piperidine rings is 1. The number of nitrogens with one attached hydrogen (secondary N) is 2. The van der Waals surface area contributed by atoms with Crippen molar-refractivity contribution in [2.45, 2.75) is 44.6 Å². The summed E-state index contributed by atoms with van der Waals surface area (Å²) in [4.78, 5) is 41.3. The van der Waals surface area contributed by atoms with Crippen LogP contribution in [-0.4, -0.2) is 50.0 Å². The standard InChI is InChI=1S/C23H27N7O2/c1-22(2,3)28-20(31)19-27-16-17(29(19)4)24-13-25-18(16)30-11-9-23(10-12-30)14-7-5-6-8-15(14)26-21(23)32/h5-8,13H,9-12H2,1-4H3,(H,26,32)(H,28,31). The van der Waals surface area contributed by atoms with Gasteiger partial charge >= 0.3 is 0 Å². The molecule has 0 unspecified atom stereocenters. The molecule has 9 nitrogen and oxygen atoms in total. The quantitative estimate of drug-likeness (QED) is 0.643. The molecule has 1 spiro atoms. The van der Waals surface area contributed by atoms with Crippen molar-refractivity contribution in [3.63, 3.8) is 0 Å². The van der Waals surface area contributed by atoms with Crippen LogP contribution in [0.15, 0.2) is 30.6 Å². The van der Waals surface area contributed by atoms with Crippen molar-refractivity contribution in [3.8, 4) is 0 Å². The number of rotatable bonds is 2. The molecule has 5 rings (SSSR count). The molecule has 2 aliphatic rings. The van der Waals surface area contributed by atoms with Crippen LogP contribution >= 0.6 is 0 Å². The van der Waals surface area contributed by atoms with Crippen LogP contribution in [0.25, 0.3) is 11.2 Å². The monoisotopic (exact) mass is 433 g/mol. The van der Waals surface area contributed by atoms with E-state index in [1.165, 1.54) is 6.33 Å². The Labute approximate surface area is 186 Å². The van der Waals surface area contributed by atoms with Crippen LogP contribution in [0.2, 0.25) is 0 Å². The molecule has 2 N–H and O–H groups in total. The van der Waals surface area contributed by atoms with E-state index in [0.717, 1.165) is 11.3 Å². The minimum Gasteiger partial charge on any atom is -0.355 e. The number of hydrogen-bond donors (Lipinski definition) is 2. The highest BCUT2D eigenvalue weighted by molar-refractivity contribution is 6.06. The van der Waals surface area contributed by atoms with Crippen molar-refractivity contribution in [1.29, 1.82) is 0 Å². The molecule has 1 fully saturated rings. The Morgan fingerprint density at radius 1 is 1.16 bits per heavy atom. The average Bonchev–Trinajstić information content (AvgIpc) is 3.23. The van der Waals surface area contributed by atoms with Crippen molar-refractivity contribution in [3.05, 3.63) is 42.0 Å². The van der Waals surface area contributed by atoms with Gasteiger partial charge in [-0.3, -0.25) is 9.59 Å². The van der Waals surface area contributed by atoms with E-state index in [1.807, 2.05) is 45.0 Å². The number of hydrogen-bond acceptors (Lipinski definition) is 6. The summed E-state index contributed by atoms with van der Waals surface area (Å²) in [6.07, 6.45) is 2.88. The van der Waals surface area contributed by atoms with Gasteiger partial charge in [0.05, 0.1) is 5.41 Å². The van der Waals surface area contributed by atoms with Gasteiger partial charge in [-0.05, 0) is 45.2 Å². The molecule has 2 amide bonds. The molecule has 0 aliphatic carbocycles. The summed E-state index contributed by atoms with van der Waals surface area (Å²) < 4.78 is 1.70. The molecule has 0 radical (unpaired) electrons. The highest BCUT2D eigenvalue weighted by Gasteiger charge is 2.48. The molecule has 2 aromatic heterocycles. The number of nitrogens with zero attached hydrogens (tertiary/aromatic N) is 5. The number of aryl methyl sites for hydroxylation is 1. The fourth-order valence-corrected chi connectivity index (χ4v) is 4.79. The van der Waals surface area contributed by atoms with E-state index in [9.17, 15) is 9.59 Å². The minimum absolute atomic E-state index is 0.0742. The third-order valence-corrected chi connectivity index (χ3v) is 6.37. The molecule has 32 heavy (non-hydrogen) atoms. The lowest BCUT2D eigenvalue weighted by Crippen LogP contribution is -2.46. The molecule has 4 heterocycles. The highest BCUT2D eigenvalue weighted by Crippen LogP contribution is 2.45. The van der Waals surface area contributed by atoms with E-state index in [4.69, 9.17) is 0 Å². The Morgan fingerprint density at radius 2 is 1.88 bits per heavy atom. The van der Waals surface area contributed by atoms with Gasteiger partial charge < -0.3 is 20.1 Å². The van der Waals surface area contributed by atoms with E-state index in [1.54, 1.807) is 11.6 Å². The van der Waals surface area contributed by atoms with E-state index in [0.29, 0.717) is 48.7 Å². The maximum atomic E-state index is 12.9. The molecule has 1 saturated heterocycles. The number of amides is 2. The zero-order valence-electron chi connectivity index (χ0n) is 18.8. The predicted molar refractivity (Wildman–Crippen MR) is 122 cm³/mol. The Bertz CT molecular complexity index is 1230. The van der Waals surface area contributed by atoms with Crippen LogP contribution in [0, 0.1) is 0 Å². The number of carbonyl (C=O) groups is 2. The summed E-state index contributed by atoms with van der Waals surface area (Å²) in [7, 11) is 1.79. The van der Waals surface area contributed by atoms with Crippen molar-refractivity contribution in [1.82, 2.24) is 24.8 Å². The molecule has 0 atom stereocenters. The summed E-state index contributed by atoms with van der Waals surface area (Å²) in [5, 5.41) is 6.00. The third kappa shape index (κ3) is 3.11. The van der Waals surface area contributed by atoms with Crippen LogP contribution in [-0.2, 0) is 17.3 Å². The fourth-order valence-electron chi connectivity index (χ4n) is 4.79. The van der Waals surface area contributed by atoms with Crippen LogP contribution < -0.4 is 15.5 Å². The van der Waals surface area contributed by atoms with E-state index < -0.39 is 5.41 Å².